The van der Waals surface area contributed by atoms with Crippen LogP contribution in [0.1, 0.15) is 58.8 Å². The van der Waals surface area contributed by atoms with Gasteiger partial charge >= 0.3 is 0 Å². The van der Waals surface area contributed by atoms with E-state index < -0.39 is 0 Å². The molecular formula is C16H28N2O2. The molecule has 4 heteroatoms. The number of nitrogens with two attached hydrogens (primary N) is 1. The summed E-state index contributed by atoms with van der Waals surface area (Å²) in [4.78, 5) is 12.0. The SMILES string of the molecule is C[C@@H](NC(=O)CCC(CCN)C(C)(C)C)c1ccco1. The molecule has 2 atom stereocenters. The zero-order valence-electron chi connectivity index (χ0n) is 13.1. The Bertz CT molecular complexity index is 393. The van der Waals surface area contributed by atoms with E-state index in [0.717, 1.165) is 18.6 Å². The number of hydrogen-bond donors (Lipinski definition) is 2. The highest BCUT2D eigenvalue weighted by molar-refractivity contribution is 5.76. The summed E-state index contributed by atoms with van der Waals surface area (Å²) in [6, 6.07) is 3.62. The summed E-state index contributed by atoms with van der Waals surface area (Å²) >= 11 is 0. The predicted octanol–water partition coefficient (Wildman–Crippen LogP) is 3.25. The molecule has 0 radical (unpaired) electrons. The van der Waals surface area contributed by atoms with Gasteiger partial charge < -0.3 is 15.5 Å². The van der Waals surface area contributed by atoms with Crippen molar-refractivity contribution in [3.8, 4) is 0 Å². The molecule has 1 aromatic heterocycles. The summed E-state index contributed by atoms with van der Waals surface area (Å²) in [5.41, 5.74) is 5.85. The van der Waals surface area contributed by atoms with Crippen molar-refractivity contribution in [2.75, 3.05) is 6.54 Å². The van der Waals surface area contributed by atoms with Crippen LogP contribution in [0.2, 0.25) is 0 Å². The van der Waals surface area contributed by atoms with E-state index in [1.165, 1.54) is 0 Å². The third-order valence-electron chi connectivity index (χ3n) is 3.81. The molecule has 0 fully saturated rings. The fraction of sp³-hybridized carbons (Fsp3) is 0.688. The monoisotopic (exact) mass is 280 g/mol. The summed E-state index contributed by atoms with van der Waals surface area (Å²) < 4.78 is 5.28. The first-order chi connectivity index (χ1) is 9.34. The van der Waals surface area contributed by atoms with Gasteiger partial charge in [-0.05, 0) is 49.8 Å². The lowest BCUT2D eigenvalue weighted by molar-refractivity contribution is -0.122. The molecule has 0 aliphatic carbocycles. The fourth-order valence-electron chi connectivity index (χ4n) is 2.44. The molecule has 1 aromatic rings. The Morgan fingerprint density at radius 1 is 1.40 bits per heavy atom. The van der Waals surface area contributed by atoms with Gasteiger partial charge in [-0.2, -0.15) is 0 Å². The number of nitrogens with one attached hydrogen (secondary N) is 1. The van der Waals surface area contributed by atoms with Crippen LogP contribution in [-0.2, 0) is 4.79 Å². The fourth-order valence-corrected chi connectivity index (χ4v) is 2.44. The van der Waals surface area contributed by atoms with Crippen LogP contribution in [0.4, 0.5) is 0 Å². The van der Waals surface area contributed by atoms with Crippen molar-refractivity contribution in [3.05, 3.63) is 24.2 Å². The standard InChI is InChI=1S/C16H28N2O2/c1-12(14-6-5-11-20-14)18-15(19)8-7-13(9-10-17)16(2,3)4/h5-6,11-13H,7-10,17H2,1-4H3,(H,18,19)/t12-,13?/m1/s1. The van der Waals surface area contributed by atoms with Gasteiger partial charge in [0.1, 0.15) is 5.76 Å². The van der Waals surface area contributed by atoms with Gasteiger partial charge in [0.15, 0.2) is 0 Å². The van der Waals surface area contributed by atoms with Crippen molar-refractivity contribution in [2.45, 2.75) is 53.0 Å². The summed E-state index contributed by atoms with van der Waals surface area (Å²) in [5.74, 6) is 1.32. The summed E-state index contributed by atoms with van der Waals surface area (Å²) in [6.45, 7) is 9.22. The summed E-state index contributed by atoms with van der Waals surface area (Å²) in [7, 11) is 0. The maximum atomic E-state index is 12.0. The molecule has 0 spiro atoms. The summed E-state index contributed by atoms with van der Waals surface area (Å²) in [6.07, 6.45) is 3.99. The van der Waals surface area contributed by atoms with Crippen LogP contribution in [0.25, 0.3) is 0 Å². The Labute approximate surface area is 122 Å². The second-order valence-electron chi connectivity index (χ2n) is 6.48. The summed E-state index contributed by atoms with van der Waals surface area (Å²) in [5, 5.41) is 2.97. The van der Waals surface area contributed by atoms with Gasteiger partial charge in [0.25, 0.3) is 0 Å². The van der Waals surface area contributed by atoms with Crippen molar-refractivity contribution in [1.82, 2.24) is 5.32 Å². The van der Waals surface area contributed by atoms with Crippen molar-refractivity contribution < 1.29 is 9.21 Å². The van der Waals surface area contributed by atoms with E-state index >= 15 is 0 Å². The van der Waals surface area contributed by atoms with Crippen LogP contribution < -0.4 is 11.1 Å². The molecule has 0 saturated carbocycles. The molecule has 20 heavy (non-hydrogen) atoms. The molecular weight excluding hydrogens is 252 g/mol. The van der Waals surface area contributed by atoms with Gasteiger partial charge in [-0.25, -0.2) is 0 Å². The van der Waals surface area contributed by atoms with E-state index in [-0.39, 0.29) is 17.4 Å². The van der Waals surface area contributed by atoms with Crippen LogP contribution in [0.15, 0.2) is 22.8 Å². The van der Waals surface area contributed by atoms with Gasteiger partial charge in [0, 0.05) is 6.42 Å². The third kappa shape index (κ3) is 5.37. The van der Waals surface area contributed by atoms with Crippen molar-refractivity contribution >= 4 is 5.91 Å². The topological polar surface area (TPSA) is 68.3 Å². The van der Waals surface area contributed by atoms with E-state index in [0.29, 0.717) is 18.9 Å². The molecule has 0 aliphatic heterocycles. The lowest BCUT2D eigenvalue weighted by Gasteiger charge is -2.30. The minimum atomic E-state index is -0.0832. The molecule has 0 aliphatic rings. The second kappa shape index (κ2) is 7.48. The Balaban J connectivity index is 2.42. The van der Waals surface area contributed by atoms with Gasteiger partial charge in [0.2, 0.25) is 5.91 Å². The van der Waals surface area contributed by atoms with Crippen LogP contribution >= 0.6 is 0 Å². The molecule has 3 N–H and O–H groups in total. The van der Waals surface area contributed by atoms with Crippen LogP contribution in [0.3, 0.4) is 0 Å². The maximum absolute atomic E-state index is 12.0. The normalized spacial score (nSPS) is 14.8. The van der Waals surface area contributed by atoms with Crippen LogP contribution in [0.5, 0.6) is 0 Å². The number of amides is 1. The molecule has 1 amide bonds. The first-order valence-corrected chi connectivity index (χ1v) is 7.37. The lowest BCUT2D eigenvalue weighted by Crippen LogP contribution is -2.29. The number of rotatable bonds is 7. The molecule has 4 nitrogen and oxygen atoms in total. The third-order valence-corrected chi connectivity index (χ3v) is 3.81. The highest BCUT2D eigenvalue weighted by Crippen LogP contribution is 2.32. The largest absolute Gasteiger partial charge is 0.467 e. The molecule has 114 valence electrons. The first kappa shape index (κ1) is 16.8. The zero-order valence-corrected chi connectivity index (χ0v) is 13.1. The Morgan fingerprint density at radius 2 is 2.10 bits per heavy atom. The highest BCUT2D eigenvalue weighted by Gasteiger charge is 2.24. The minimum Gasteiger partial charge on any atom is -0.467 e. The average molecular weight is 280 g/mol. The highest BCUT2D eigenvalue weighted by atomic mass is 16.3. The number of furan rings is 1. The van der Waals surface area contributed by atoms with Crippen molar-refractivity contribution in [3.63, 3.8) is 0 Å². The van der Waals surface area contributed by atoms with Gasteiger partial charge in [-0.3, -0.25) is 4.79 Å². The molecule has 0 aromatic carbocycles. The Morgan fingerprint density at radius 3 is 2.60 bits per heavy atom. The van der Waals surface area contributed by atoms with E-state index in [1.54, 1.807) is 6.26 Å². The van der Waals surface area contributed by atoms with Crippen LogP contribution in [-0.4, -0.2) is 12.5 Å². The van der Waals surface area contributed by atoms with Crippen LogP contribution in [0, 0.1) is 11.3 Å². The number of carbonyl (C=O) groups excluding carboxylic acids is 1. The first-order valence-electron chi connectivity index (χ1n) is 7.37. The van der Waals surface area contributed by atoms with Crippen molar-refractivity contribution in [1.29, 1.82) is 0 Å². The minimum absolute atomic E-state index is 0.0696. The van der Waals surface area contributed by atoms with Gasteiger partial charge in [-0.15, -0.1) is 0 Å². The van der Waals surface area contributed by atoms with E-state index in [9.17, 15) is 4.79 Å². The Hall–Kier alpha value is -1.29. The zero-order chi connectivity index (χ0) is 15.2. The molecule has 1 rings (SSSR count). The van der Waals surface area contributed by atoms with Gasteiger partial charge in [-0.1, -0.05) is 20.8 Å². The number of hydrogen-bond acceptors (Lipinski definition) is 3. The Kier molecular flexibility index (Phi) is 6.27. The van der Waals surface area contributed by atoms with E-state index in [1.807, 2.05) is 19.1 Å². The second-order valence-corrected chi connectivity index (χ2v) is 6.48. The molecule has 0 bridgehead atoms. The smallest absolute Gasteiger partial charge is 0.220 e. The number of carbonyl (C=O) groups is 1. The van der Waals surface area contributed by atoms with Crippen molar-refractivity contribution in [2.24, 2.45) is 17.1 Å². The van der Waals surface area contributed by atoms with E-state index in [2.05, 4.69) is 26.1 Å². The lowest BCUT2D eigenvalue weighted by atomic mass is 9.76. The average Bonchev–Trinajstić information content (AvgIpc) is 2.86. The molecule has 1 unspecified atom stereocenters. The van der Waals surface area contributed by atoms with E-state index in [4.69, 9.17) is 10.2 Å². The maximum Gasteiger partial charge on any atom is 0.220 e. The quantitative estimate of drug-likeness (QED) is 0.805. The van der Waals surface area contributed by atoms with Gasteiger partial charge in [0.05, 0.1) is 12.3 Å². The predicted molar refractivity (Wildman–Crippen MR) is 81.1 cm³/mol. The molecule has 0 saturated heterocycles. The molecule has 1 heterocycles.